The predicted molar refractivity (Wildman–Crippen MR) is 40.7 cm³/mol. The van der Waals surface area contributed by atoms with E-state index in [0.29, 0.717) is 0 Å². The van der Waals surface area contributed by atoms with E-state index in [4.69, 9.17) is 15.3 Å². The summed E-state index contributed by atoms with van der Waals surface area (Å²) in [7, 11) is 0. The fourth-order valence-corrected chi connectivity index (χ4v) is 0.668. The maximum atomic E-state index is 10.4. The van der Waals surface area contributed by atoms with E-state index in [0.717, 1.165) is 6.26 Å². The lowest BCUT2D eigenvalue weighted by Crippen LogP contribution is -2.29. The molecule has 12 heavy (non-hydrogen) atoms. The number of hydrogen-bond acceptors (Lipinski definition) is 4. The van der Waals surface area contributed by atoms with Crippen molar-refractivity contribution in [2.24, 2.45) is 5.73 Å². The van der Waals surface area contributed by atoms with Crippen molar-refractivity contribution in [3.63, 3.8) is 0 Å². The van der Waals surface area contributed by atoms with Crippen molar-refractivity contribution in [2.45, 2.75) is 19.4 Å². The van der Waals surface area contributed by atoms with Gasteiger partial charge in [-0.2, -0.15) is 0 Å². The number of aromatic carboxylic acids is 1. The number of nitrogens with two attached hydrogens (primary N) is 1. The van der Waals surface area contributed by atoms with Crippen LogP contribution in [-0.4, -0.2) is 16.1 Å². The van der Waals surface area contributed by atoms with Crippen LogP contribution in [0.4, 0.5) is 0 Å². The van der Waals surface area contributed by atoms with Gasteiger partial charge in [0.25, 0.3) is 0 Å². The number of nitrogens with zero attached hydrogens (tertiary/aromatic N) is 1. The third-order valence-electron chi connectivity index (χ3n) is 1.27. The minimum Gasteiger partial charge on any atom is -0.476 e. The van der Waals surface area contributed by atoms with Crippen LogP contribution in [-0.2, 0) is 5.54 Å². The summed E-state index contributed by atoms with van der Waals surface area (Å²) in [6.07, 6.45) is 1.08. The molecule has 0 saturated carbocycles. The number of hydrogen-bond donors (Lipinski definition) is 2. The van der Waals surface area contributed by atoms with Crippen LogP contribution in [0.1, 0.15) is 30.2 Å². The van der Waals surface area contributed by atoms with Crippen LogP contribution >= 0.6 is 0 Å². The second-order valence-electron chi connectivity index (χ2n) is 3.06. The highest BCUT2D eigenvalue weighted by atomic mass is 16.4. The first-order valence-electron chi connectivity index (χ1n) is 3.39. The van der Waals surface area contributed by atoms with E-state index < -0.39 is 11.5 Å². The summed E-state index contributed by atoms with van der Waals surface area (Å²) in [5.74, 6) is -0.894. The molecule has 0 aliphatic rings. The molecular weight excluding hydrogens is 160 g/mol. The molecule has 0 bridgehead atoms. The van der Waals surface area contributed by atoms with Crippen molar-refractivity contribution in [1.82, 2.24) is 4.98 Å². The number of carboxylic acid groups (broad SMARTS) is 1. The molecule has 1 rings (SSSR count). The molecule has 1 aromatic heterocycles. The van der Waals surface area contributed by atoms with Crippen LogP contribution in [0.3, 0.4) is 0 Å². The third kappa shape index (κ3) is 1.62. The molecule has 3 N–H and O–H groups in total. The van der Waals surface area contributed by atoms with Gasteiger partial charge in [0.1, 0.15) is 6.26 Å². The molecule has 5 nitrogen and oxygen atoms in total. The molecule has 0 amide bonds. The zero-order valence-corrected chi connectivity index (χ0v) is 6.87. The number of aromatic nitrogens is 1. The van der Waals surface area contributed by atoms with Gasteiger partial charge in [0, 0.05) is 0 Å². The van der Waals surface area contributed by atoms with Gasteiger partial charge in [0.2, 0.25) is 5.89 Å². The molecule has 0 atom stereocenters. The average molecular weight is 170 g/mol. The Bertz CT molecular complexity index is 298. The van der Waals surface area contributed by atoms with E-state index in [1.54, 1.807) is 13.8 Å². The van der Waals surface area contributed by atoms with Crippen molar-refractivity contribution in [1.29, 1.82) is 0 Å². The van der Waals surface area contributed by atoms with Gasteiger partial charge in [-0.3, -0.25) is 0 Å². The summed E-state index contributed by atoms with van der Waals surface area (Å²) < 4.78 is 4.87. The SMILES string of the molecule is CC(C)(N)c1nc(C(=O)O)co1. The molecule has 0 radical (unpaired) electrons. The van der Waals surface area contributed by atoms with E-state index in [1.165, 1.54) is 0 Å². The Morgan fingerprint density at radius 3 is 2.58 bits per heavy atom. The lowest BCUT2D eigenvalue weighted by atomic mass is 10.1. The van der Waals surface area contributed by atoms with E-state index in [1.807, 2.05) is 0 Å². The molecule has 0 fully saturated rings. The first-order valence-corrected chi connectivity index (χ1v) is 3.39. The van der Waals surface area contributed by atoms with Crippen molar-refractivity contribution in [2.75, 3.05) is 0 Å². The van der Waals surface area contributed by atoms with Crippen LogP contribution in [0.15, 0.2) is 10.7 Å². The maximum Gasteiger partial charge on any atom is 0.357 e. The summed E-state index contributed by atoms with van der Waals surface area (Å²) in [6, 6.07) is 0. The van der Waals surface area contributed by atoms with Gasteiger partial charge in [0.15, 0.2) is 5.69 Å². The Hall–Kier alpha value is -1.36. The first-order chi connectivity index (χ1) is 5.41. The molecule has 66 valence electrons. The van der Waals surface area contributed by atoms with Crippen molar-refractivity contribution in [3.8, 4) is 0 Å². The molecule has 0 unspecified atom stereocenters. The second kappa shape index (κ2) is 2.60. The van der Waals surface area contributed by atoms with E-state index >= 15 is 0 Å². The van der Waals surface area contributed by atoms with Gasteiger partial charge >= 0.3 is 5.97 Å². The normalized spacial score (nSPS) is 11.6. The average Bonchev–Trinajstić information content (AvgIpc) is 2.30. The smallest absolute Gasteiger partial charge is 0.357 e. The predicted octanol–water partition coefficient (Wildman–Crippen LogP) is 0.567. The molecule has 0 spiro atoms. The highest BCUT2D eigenvalue weighted by Gasteiger charge is 2.22. The summed E-state index contributed by atoms with van der Waals surface area (Å²) in [5, 5.41) is 8.50. The van der Waals surface area contributed by atoms with Gasteiger partial charge in [-0.25, -0.2) is 9.78 Å². The fourth-order valence-electron chi connectivity index (χ4n) is 0.668. The lowest BCUT2D eigenvalue weighted by molar-refractivity contribution is 0.0690. The molecular formula is C7H10N2O3. The zero-order valence-electron chi connectivity index (χ0n) is 6.87. The molecule has 0 aliphatic heterocycles. The van der Waals surface area contributed by atoms with E-state index in [9.17, 15) is 4.79 Å². The van der Waals surface area contributed by atoms with Gasteiger partial charge in [0.05, 0.1) is 5.54 Å². The monoisotopic (exact) mass is 170 g/mol. The maximum absolute atomic E-state index is 10.4. The van der Waals surface area contributed by atoms with Gasteiger partial charge in [-0.05, 0) is 13.8 Å². The van der Waals surface area contributed by atoms with E-state index in [2.05, 4.69) is 4.98 Å². The summed E-state index contributed by atoms with van der Waals surface area (Å²) in [4.78, 5) is 14.1. The quantitative estimate of drug-likeness (QED) is 0.677. The van der Waals surface area contributed by atoms with Crippen molar-refractivity contribution < 1.29 is 14.3 Å². The number of carboxylic acids is 1. The topological polar surface area (TPSA) is 89.3 Å². The van der Waals surface area contributed by atoms with Crippen molar-refractivity contribution in [3.05, 3.63) is 17.8 Å². The molecule has 5 heteroatoms. The van der Waals surface area contributed by atoms with Crippen LogP contribution in [0.25, 0.3) is 0 Å². The summed E-state index contributed by atoms with van der Waals surface area (Å²) in [6.45, 7) is 3.37. The number of rotatable bonds is 2. The fraction of sp³-hybridized carbons (Fsp3) is 0.429. The molecule has 0 saturated heterocycles. The largest absolute Gasteiger partial charge is 0.476 e. The summed E-state index contributed by atoms with van der Waals surface area (Å²) >= 11 is 0. The Labute approximate surface area is 69.2 Å². The molecule has 0 aliphatic carbocycles. The van der Waals surface area contributed by atoms with Gasteiger partial charge < -0.3 is 15.3 Å². The van der Waals surface area contributed by atoms with Gasteiger partial charge in [-0.15, -0.1) is 0 Å². The molecule has 0 aromatic carbocycles. The van der Waals surface area contributed by atoms with Gasteiger partial charge in [-0.1, -0.05) is 0 Å². The van der Waals surface area contributed by atoms with Crippen LogP contribution in [0, 0.1) is 0 Å². The zero-order chi connectivity index (χ0) is 9.35. The first kappa shape index (κ1) is 8.73. The highest BCUT2D eigenvalue weighted by Crippen LogP contribution is 2.15. The van der Waals surface area contributed by atoms with Crippen LogP contribution in [0.2, 0.25) is 0 Å². The Morgan fingerprint density at radius 1 is 1.75 bits per heavy atom. The number of carbonyl (C=O) groups is 1. The Kier molecular flexibility index (Phi) is 1.89. The Morgan fingerprint density at radius 2 is 2.33 bits per heavy atom. The van der Waals surface area contributed by atoms with Crippen LogP contribution in [0.5, 0.6) is 0 Å². The van der Waals surface area contributed by atoms with Crippen molar-refractivity contribution >= 4 is 5.97 Å². The number of oxazole rings is 1. The Balaban J connectivity index is 3.00. The minimum atomic E-state index is -1.12. The summed E-state index contributed by atoms with van der Waals surface area (Å²) in [5.41, 5.74) is 4.76. The second-order valence-corrected chi connectivity index (χ2v) is 3.06. The lowest BCUT2D eigenvalue weighted by Gasteiger charge is -2.11. The highest BCUT2D eigenvalue weighted by molar-refractivity contribution is 5.84. The van der Waals surface area contributed by atoms with E-state index in [-0.39, 0.29) is 11.6 Å². The molecule has 1 aromatic rings. The third-order valence-corrected chi connectivity index (χ3v) is 1.27. The molecule has 1 heterocycles. The standard InChI is InChI=1S/C7H10N2O3/c1-7(2,8)6-9-4(3-12-6)5(10)11/h3H,8H2,1-2H3,(H,10,11). The minimum absolute atomic E-state index is 0.122. The van der Waals surface area contributed by atoms with Crippen LogP contribution < -0.4 is 5.73 Å².